The summed E-state index contributed by atoms with van der Waals surface area (Å²) >= 11 is 5.90. The van der Waals surface area contributed by atoms with Gasteiger partial charge in [-0.25, -0.2) is 23.8 Å². The van der Waals surface area contributed by atoms with E-state index in [1.165, 1.54) is 35.2 Å². The standard InChI is InChI=1S/C28H23ClFN5O8/c29-26-33-21(31)18-22(34-26)35(11-32-18)17-9-16-20(28(16,42)19(17)30)43-27(24(38)39,25(40)41)10-12-4-6-13(7-5-12)14-2-1-3-15(8-14)23(36)37/h1-8,11,16-17,19-20,42H,9-10H2,(H,36,37)(H,38,39)(H,40,41)(H2,31,33,34)/t16-,17-,19-,20?,28-/m1/s1. The third kappa shape index (κ3) is 4.45. The Morgan fingerprint density at radius 3 is 2.40 bits per heavy atom. The predicted octanol–water partition coefficient (Wildman–Crippen LogP) is 2.61. The van der Waals surface area contributed by atoms with E-state index in [0.29, 0.717) is 11.1 Å². The van der Waals surface area contributed by atoms with E-state index in [0.717, 1.165) is 0 Å². The highest BCUT2D eigenvalue weighted by molar-refractivity contribution is 6.28. The zero-order valence-corrected chi connectivity index (χ0v) is 22.7. The quantitative estimate of drug-likeness (QED) is 0.136. The number of anilines is 1. The van der Waals surface area contributed by atoms with Crippen LogP contribution in [0.15, 0.2) is 54.9 Å². The van der Waals surface area contributed by atoms with Crippen LogP contribution in [0, 0.1) is 5.92 Å². The van der Waals surface area contributed by atoms with Crippen molar-refractivity contribution in [3.05, 3.63) is 71.3 Å². The number of rotatable bonds is 9. The number of aliphatic carboxylic acids is 2. The van der Waals surface area contributed by atoms with E-state index in [1.54, 1.807) is 24.3 Å². The summed E-state index contributed by atoms with van der Waals surface area (Å²) < 4.78 is 22.8. The normalized spacial score (nSPS) is 24.5. The van der Waals surface area contributed by atoms with Crippen LogP contribution in [0.2, 0.25) is 5.28 Å². The molecule has 15 heteroatoms. The highest BCUT2D eigenvalue weighted by atomic mass is 35.5. The van der Waals surface area contributed by atoms with Gasteiger partial charge in [-0.05, 0) is 46.8 Å². The monoisotopic (exact) mass is 611 g/mol. The van der Waals surface area contributed by atoms with Crippen molar-refractivity contribution < 1.29 is 43.9 Å². The van der Waals surface area contributed by atoms with Gasteiger partial charge in [0.15, 0.2) is 17.6 Å². The van der Waals surface area contributed by atoms with Crippen molar-refractivity contribution in [2.24, 2.45) is 5.92 Å². The molecule has 1 unspecified atom stereocenters. The number of fused-ring (bicyclic) bond motifs is 2. The number of benzene rings is 2. The fourth-order valence-electron chi connectivity index (χ4n) is 5.91. The van der Waals surface area contributed by atoms with Gasteiger partial charge < -0.3 is 35.5 Å². The van der Waals surface area contributed by atoms with Gasteiger partial charge in [-0.3, -0.25) is 0 Å². The lowest BCUT2D eigenvalue weighted by Crippen LogP contribution is -2.53. The van der Waals surface area contributed by atoms with Crippen LogP contribution in [0.1, 0.15) is 28.4 Å². The Morgan fingerprint density at radius 1 is 1.09 bits per heavy atom. The van der Waals surface area contributed by atoms with E-state index in [-0.39, 0.29) is 39.8 Å². The third-order valence-corrected chi connectivity index (χ3v) is 8.40. The summed E-state index contributed by atoms with van der Waals surface area (Å²) in [7, 11) is 0. The van der Waals surface area contributed by atoms with Crippen LogP contribution in [0.3, 0.4) is 0 Å². The number of hydrogen-bond acceptors (Lipinski definition) is 9. The van der Waals surface area contributed by atoms with Gasteiger partial charge in [0.05, 0.1) is 24.0 Å². The molecule has 0 amide bonds. The minimum absolute atomic E-state index is 0.0123. The SMILES string of the molecule is Nc1nc(Cl)nc2c1ncn2[C@@H]1C[C@@H]2C(OC(Cc3ccc(-c4cccc(C(=O)O)c4)cc3)(C(=O)O)C(=O)O)[C@]2(O)[C@@H]1F. The minimum atomic E-state index is -2.83. The number of halogens is 2. The highest BCUT2D eigenvalue weighted by Crippen LogP contribution is 2.63. The molecule has 0 bridgehead atoms. The average molecular weight is 612 g/mol. The number of aromatic carboxylic acids is 1. The maximum absolute atomic E-state index is 15.8. The Balaban J connectivity index is 1.23. The molecule has 0 spiro atoms. The van der Waals surface area contributed by atoms with Gasteiger partial charge in [0.25, 0.3) is 5.60 Å². The van der Waals surface area contributed by atoms with Crippen molar-refractivity contribution in [3.8, 4) is 11.1 Å². The molecule has 2 aliphatic carbocycles. The Morgan fingerprint density at radius 2 is 1.79 bits per heavy atom. The van der Waals surface area contributed by atoms with Crippen molar-refractivity contribution in [2.45, 2.75) is 42.4 Å². The van der Waals surface area contributed by atoms with Gasteiger partial charge in [0.2, 0.25) is 5.28 Å². The number of carboxylic acid groups (broad SMARTS) is 3. The van der Waals surface area contributed by atoms with Crippen LogP contribution in [0.25, 0.3) is 22.3 Å². The number of ether oxygens (including phenoxy) is 1. The van der Waals surface area contributed by atoms with E-state index in [1.807, 2.05) is 0 Å². The Hall–Kier alpha value is -4.66. The van der Waals surface area contributed by atoms with Crippen molar-refractivity contribution >= 4 is 46.5 Å². The van der Waals surface area contributed by atoms with Crippen molar-refractivity contribution in [3.63, 3.8) is 0 Å². The van der Waals surface area contributed by atoms with Gasteiger partial charge in [-0.15, -0.1) is 0 Å². The summed E-state index contributed by atoms with van der Waals surface area (Å²) in [6, 6.07) is 11.4. The number of nitrogens with two attached hydrogens (primary N) is 1. The number of aliphatic hydroxyl groups is 1. The fourth-order valence-corrected chi connectivity index (χ4v) is 6.08. The summed E-state index contributed by atoms with van der Waals surface area (Å²) in [6.45, 7) is 0. The molecule has 2 aromatic heterocycles. The van der Waals surface area contributed by atoms with E-state index in [2.05, 4.69) is 15.0 Å². The molecule has 4 aromatic rings. The molecule has 2 aromatic carbocycles. The molecule has 0 radical (unpaired) electrons. The molecule has 0 aliphatic heterocycles. The summed E-state index contributed by atoms with van der Waals surface area (Å²) in [5.41, 5.74) is 2.73. The first-order valence-electron chi connectivity index (χ1n) is 13.0. The maximum Gasteiger partial charge on any atom is 0.348 e. The smallest absolute Gasteiger partial charge is 0.348 e. The van der Waals surface area contributed by atoms with Gasteiger partial charge in [0, 0.05) is 12.3 Å². The lowest BCUT2D eigenvalue weighted by molar-refractivity contribution is -0.190. The topological polar surface area (TPSA) is 211 Å². The number of nitrogen functional groups attached to an aromatic ring is 1. The zero-order valence-electron chi connectivity index (χ0n) is 22.0. The zero-order chi connectivity index (χ0) is 30.8. The summed E-state index contributed by atoms with van der Waals surface area (Å²) in [5.74, 6) is -5.66. The number of carbonyl (C=O) groups is 3. The van der Waals surface area contributed by atoms with Crippen LogP contribution in [-0.4, -0.2) is 81.3 Å². The number of nitrogens with zero attached hydrogens (tertiary/aromatic N) is 4. The molecule has 6 N–H and O–H groups in total. The Kier molecular flexibility index (Phi) is 6.60. The maximum atomic E-state index is 15.8. The van der Waals surface area contributed by atoms with E-state index >= 15 is 4.39 Å². The highest BCUT2D eigenvalue weighted by Gasteiger charge is 2.78. The van der Waals surface area contributed by atoms with Crippen LogP contribution >= 0.6 is 11.6 Å². The van der Waals surface area contributed by atoms with Crippen molar-refractivity contribution in [1.82, 2.24) is 19.5 Å². The second-order valence-electron chi connectivity index (χ2n) is 10.6. The fraction of sp³-hybridized carbons (Fsp3) is 0.286. The number of imidazole rings is 1. The molecule has 0 saturated heterocycles. The number of carboxylic acids is 3. The summed E-state index contributed by atoms with van der Waals surface area (Å²) in [4.78, 5) is 48.1. The van der Waals surface area contributed by atoms with Gasteiger partial charge in [0.1, 0.15) is 11.1 Å². The molecule has 5 atom stereocenters. The Labute approximate surface area is 246 Å². The number of hydrogen-bond donors (Lipinski definition) is 5. The first kappa shape index (κ1) is 28.5. The molecule has 13 nitrogen and oxygen atoms in total. The molecular formula is C28H23ClFN5O8. The molecule has 222 valence electrons. The second-order valence-corrected chi connectivity index (χ2v) is 11.0. The molecule has 2 heterocycles. The number of aromatic nitrogens is 4. The van der Waals surface area contributed by atoms with Gasteiger partial charge in [-0.1, -0.05) is 36.4 Å². The predicted molar refractivity (Wildman–Crippen MR) is 147 cm³/mol. The lowest BCUT2D eigenvalue weighted by Gasteiger charge is -2.29. The molecule has 2 saturated carbocycles. The van der Waals surface area contributed by atoms with Crippen LogP contribution in [-0.2, 0) is 20.7 Å². The van der Waals surface area contributed by atoms with Crippen molar-refractivity contribution in [2.75, 3.05) is 5.73 Å². The third-order valence-electron chi connectivity index (χ3n) is 8.23. The van der Waals surface area contributed by atoms with Crippen LogP contribution < -0.4 is 5.73 Å². The molecule has 2 fully saturated rings. The average Bonchev–Trinajstić information content (AvgIpc) is 3.20. The van der Waals surface area contributed by atoms with E-state index in [4.69, 9.17) is 22.1 Å². The van der Waals surface area contributed by atoms with Crippen LogP contribution in [0.4, 0.5) is 10.2 Å². The summed E-state index contributed by atoms with van der Waals surface area (Å²) in [5, 5.41) is 40.4. The first-order valence-corrected chi connectivity index (χ1v) is 13.3. The van der Waals surface area contributed by atoms with Gasteiger partial charge in [-0.2, -0.15) is 9.97 Å². The molecule has 2 aliphatic rings. The lowest BCUT2D eigenvalue weighted by atomic mass is 9.92. The first-order chi connectivity index (χ1) is 20.4. The summed E-state index contributed by atoms with van der Waals surface area (Å²) in [6.07, 6.45) is -2.78. The largest absolute Gasteiger partial charge is 0.479 e. The molecule has 43 heavy (non-hydrogen) atoms. The van der Waals surface area contributed by atoms with Crippen LogP contribution in [0.5, 0.6) is 0 Å². The van der Waals surface area contributed by atoms with Crippen molar-refractivity contribution in [1.29, 1.82) is 0 Å². The molecular weight excluding hydrogens is 589 g/mol. The number of alkyl halides is 1. The van der Waals surface area contributed by atoms with Gasteiger partial charge >= 0.3 is 17.9 Å². The Bertz CT molecular complexity index is 1790. The minimum Gasteiger partial charge on any atom is -0.479 e. The molecule has 6 rings (SSSR count). The second kappa shape index (κ2) is 9.97. The van der Waals surface area contributed by atoms with E-state index < -0.39 is 59.8 Å². The van der Waals surface area contributed by atoms with E-state index in [9.17, 15) is 34.8 Å².